The molecule has 0 fully saturated rings. The van der Waals surface area contributed by atoms with Crippen LogP contribution in [0.25, 0.3) is 87.7 Å². The van der Waals surface area contributed by atoms with E-state index in [4.69, 9.17) is 8.83 Å². The van der Waals surface area contributed by atoms with Crippen LogP contribution in [0.4, 0.5) is 34.1 Å². The summed E-state index contributed by atoms with van der Waals surface area (Å²) in [6, 6.07) is 76.5. The Bertz CT molecular complexity index is 4270. The Morgan fingerprint density at radius 1 is 0.300 bits per heavy atom. The van der Waals surface area contributed by atoms with Gasteiger partial charge >= 0.3 is 0 Å². The number of fused-ring (bicyclic) bond motifs is 18. The van der Waals surface area contributed by atoms with Crippen molar-refractivity contribution in [1.29, 1.82) is 0 Å². The number of nitrogens with zero attached hydrogens (tertiary/aromatic N) is 2. The maximum atomic E-state index is 6.74. The molecule has 2 aliphatic carbocycles. The van der Waals surface area contributed by atoms with Gasteiger partial charge in [-0.1, -0.05) is 121 Å². The number of benzene rings is 11. The zero-order valence-corrected chi connectivity index (χ0v) is 38.3. The molecule has 0 saturated carbocycles. The van der Waals surface area contributed by atoms with E-state index in [2.05, 4.69) is 230 Å². The minimum absolute atomic E-state index is 0.240. The Morgan fingerprint density at radius 2 is 0.686 bits per heavy atom. The fourth-order valence-corrected chi connectivity index (χ4v) is 13.9. The standard InChI is InChI=1S/C66H40N2O2/c1-65-51-17-5-3-13-43(51)45-15-11-23-57(63(45)65)67(55-21-9-7-19-53(55)65)41-27-25-37-31-47-49-35-50-48-32-38-26-28-42(30-40(38)34-60(48)70-62(50)36-61(49)69-59(47)33-39(37)29-41)68-56-22-10-8-20-54(56)66(2)52-18-6-4-14-44(52)46-16-12-24-58(68)64(46)66/h3-36H,1-2H3. The summed E-state index contributed by atoms with van der Waals surface area (Å²) in [5.41, 5.74) is 23.5. The van der Waals surface area contributed by atoms with Crippen molar-refractivity contribution in [2.45, 2.75) is 24.7 Å². The van der Waals surface area contributed by atoms with Crippen molar-refractivity contribution in [2.75, 3.05) is 9.80 Å². The molecule has 0 spiro atoms. The van der Waals surface area contributed by atoms with Gasteiger partial charge in [0.2, 0.25) is 0 Å². The number of hydrogen-bond donors (Lipinski definition) is 0. The molecule has 0 bridgehead atoms. The second-order valence-electron chi connectivity index (χ2n) is 20.3. The van der Waals surface area contributed by atoms with Gasteiger partial charge in [-0.15, -0.1) is 0 Å². The summed E-state index contributed by atoms with van der Waals surface area (Å²) in [6.07, 6.45) is 0. The van der Waals surface area contributed by atoms with Crippen LogP contribution in [0, 0.1) is 0 Å². The summed E-state index contributed by atoms with van der Waals surface area (Å²) in [5, 5.41) is 8.98. The van der Waals surface area contributed by atoms with Crippen LogP contribution in [0.5, 0.6) is 0 Å². The van der Waals surface area contributed by atoms with Crippen LogP contribution in [0.1, 0.15) is 47.2 Å². The second-order valence-corrected chi connectivity index (χ2v) is 20.3. The Labute approximate surface area is 402 Å². The van der Waals surface area contributed by atoms with Crippen LogP contribution in [0.15, 0.2) is 215 Å². The van der Waals surface area contributed by atoms with E-state index in [-0.39, 0.29) is 10.8 Å². The minimum Gasteiger partial charge on any atom is -0.456 e. The lowest BCUT2D eigenvalue weighted by Crippen LogP contribution is -2.32. The molecular formula is C66H40N2O2. The van der Waals surface area contributed by atoms with Crippen LogP contribution < -0.4 is 9.80 Å². The first-order valence-electron chi connectivity index (χ1n) is 24.4. The molecule has 2 unspecified atom stereocenters. The van der Waals surface area contributed by atoms with Crippen LogP contribution in [-0.2, 0) is 10.8 Å². The summed E-state index contributed by atoms with van der Waals surface area (Å²) in [5.74, 6) is 0. The molecular weight excluding hydrogens is 853 g/mol. The predicted octanol–water partition coefficient (Wildman–Crippen LogP) is 18.0. The smallest absolute Gasteiger partial charge is 0.139 e. The molecule has 2 aromatic heterocycles. The van der Waals surface area contributed by atoms with Crippen molar-refractivity contribution in [1.82, 2.24) is 0 Å². The van der Waals surface area contributed by atoms with Crippen LogP contribution >= 0.6 is 0 Å². The van der Waals surface area contributed by atoms with Gasteiger partial charge in [-0.3, -0.25) is 0 Å². The Morgan fingerprint density at radius 3 is 1.17 bits per heavy atom. The summed E-state index contributed by atoms with van der Waals surface area (Å²) >= 11 is 0. The highest BCUT2D eigenvalue weighted by atomic mass is 16.3. The normalized spacial score (nSPS) is 17.9. The molecule has 13 aromatic rings. The van der Waals surface area contributed by atoms with Gasteiger partial charge in [0.25, 0.3) is 0 Å². The van der Waals surface area contributed by atoms with Gasteiger partial charge in [-0.2, -0.15) is 0 Å². The Hall–Kier alpha value is -8.86. The molecule has 11 aromatic carbocycles. The summed E-state index contributed by atoms with van der Waals surface area (Å²) in [6.45, 7) is 4.81. The number of rotatable bonds is 2. The molecule has 0 N–H and O–H groups in total. The molecule has 4 nitrogen and oxygen atoms in total. The van der Waals surface area contributed by atoms with Crippen molar-refractivity contribution < 1.29 is 8.83 Å². The predicted molar refractivity (Wildman–Crippen MR) is 287 cm³/mol. The lowest BCUT2D eigenvalue weighted by Gasteiger charge is -2.42. The third-order valence-electron chi connectivity index (χ3n) is 16.9. The monoisotopic (exact) mass is 892 g/mol. The third-order valence-corrected chi connectivity index (χ3v) is 16.9. The average Bonchev–Trinajstić information content (AvgIpc) is 4.10. The van der Waals surface area contributed by atoms with Crippen molar-refractivity contribution >= 4 is 99.5 Å². The van der Waals surface area contributed by atoms with E-state index < -0.39 is 0 Å². The fraction of sp³-hybridized carbons (Fsp3) is 0.0606. The topological polar surface area (TPSA) is 32.8 Å². The van der Waals surface area contributed by atoms with E-state index in [9.17, 15) is 0 Å². The van der Waals surface area contributed by atoms with Crippen molar-refractivity contribution in [3.63, 3.8) is 0 Å². The molecule has 17 rings (SSSR count). The number of hydrogen-bond acceptors (Lipinski definition) is 4. The van der Waals surface area contributed by atoms with Crippen LogP contribution in [-0.4, -0.2) is 0 Å². The van der Waals surface area contributed by atoms with Gasteiger partial charge in [0, 0.05) is 49.8 Å². The van der Waals surface area contributed by atoms with E-state index in [0.717, 1.165) is 66.0 Å². The van der Waals surface area contributed by atoms with Gasteiger partial charge < -0.3 is 18.6 Å². The molecule has 0 saturated heterocycles. The van der Waals surface area contributed by atoms with Gasteiger partial charge in [0.1, 0.15) is 22.3 Å². The maximum Gasteiger partial charge on any atom is 0.139 e. The van der Waals surface area contributed by atoms with Crippen LogP contribution in [0.2, 0.25) is 0 Å². The molecule has 4 heteroatoms. The molecule has 70 heavy (non-hydrogen) atoms. The SMILES string of the molecule is CC12c3ccccc3-c3cccc(c31)N(c1ccc3cc4c(cc3c1)oc1cc3oc5cc6cc(N7c8ccccc8C8(C)c9ccccc9-c9cccc7c98)ccc6cc5c3cc14)c1ccccc12. The van der Waals surface area contributed by atoms with E-state index in [1.54, 1.807) is 0 Å². The zero-order valence-electron chi connectivity index (χ0n) is 38.3. The summed E-state index contributed by atoms with van der Waals surface area (Å²) in [7, 11) is 0. The quantitative estimate of drug-likeness (QED) is 0.173. The highest BCUT2D eigenvalue weighted by Gasteiger charge is 2.49. The van der Waals surface area contributed by atoms with Crippen molar-refractivity contribution in [3.05, 3.63) is 240 Å². The van der Waals surface area contributed by atoms with E-state index in [1.165, 1.54) is 89.2 Å². The molecule has 4 heterocycles. The number of furan rings is 2. The fourth-order valence-electron chi connectivity index (χ4n) is 13.9. The maximum absolute atomic E-state index is 6.74. The Kier molecular flexibility index (Phi) is 6.70. The molecule has 2 atom stereocenters. The second kappa shape index (κ2) is 12.6. The lowest BCUT2D eigenvalue weighted by atomic mass is 9.70. The molecule has 0 radical (unpaired) electrons. The van der Waals surface area contributed by atoms with Crippen molar-refractivity contribution in [3.8, 4) is 22.3 Å². The molecule has 326 valence electrons. The first kappa shape index (κ1) is 37.2. The van der Waals surface area contributed by atoms with Gasteiger partial charge in [-0.25, -0.2) is 0 Å². The van der Waals surface area contributed by atoms with E-state index in [1.807, 2.05) is 0 Å². The first-order valence-corrected chi connectivity index (χ1v) is 24.4. The molecule has 0 amide bonds. The van der Waals surface area contributed by atoms with Gasteiger partial charge in [-0.05, 0) is 170 Å². The molecule has 2 aliphatic heterocycles. The lowest BCUT2D eigenvalue weighted by molar-refractivity contribution is 0.656. The van der Waals surface area contributed by atoms with Gasteiger partial charge in [0.05, 0.1) is 22.7 Å². The highest BCUT2D eigenvalue weighted by Crippen LogP contribution is 2.64. The van der Waals surface area contributed by atoms with Crippen molar-refractivity contribution in [2.24, 2.45) is 0 Å². The number of para-hydroxylation sites is 2. The zero-order chi connectivity index (χ0) is 45.8. The summed E-state index contributed by atoms with van der Waals surface area (Å²) < 4.78 is 13.5. The van der Waals surface area contributed by atoms with Gasteiger partial charge in [0.15, 0.2) is 0 Å². The van der Waals surface area contributed by atoms with Crippen LogP contribution in [0.3, 0.4) is 0 Å². The third kappa shape index (κ3) is 4.40. The minimum atomic E-state index is -0.240. The Balaban J connectivity index is 0.772. The summed E-state index contributed by atoms with van der Waals surface area (Å²) in [4.78, 5) is 4.92. The average molecular weight is 893 g/mol. The van der Waals surface area contributed by atoms with E-state index >= 15 is 0 Å². The number of anilines is 6. The highest BCUT2D eigenvalue weighted by molar-refractivity contribution is 6.19. The largest absolute Gasteiger partial charge is 0.456 e. The first-order chi connectivity index (χ1) is 34.4. The molecule has 4 aliphatic rings. The van der Waals surface area contributed by atoms with E-state index in [0.29, 0.717) is 0 Å².